The summed E-state index contributed by atoms with van der Waals surface area (Å²) < 4.78 is 0. The number of carbonyl (C=O) groups excluding carboxylic acids is 1. The van der Waals surface area contributed by atoms with Gasteiger partial charge in [0, 0.05) is 6.04 Å². The minimum atomic E-state index is 0.217. The predicted molar refractivity (Wildman–Crippen MR) is 45.2 cm³/mol. The van der Waals surface area contributed by atoms with Crippen LogP contribution in [-0.4, -0.2) is 11.8 Å². The van der Waals surface area contributed by atoms with Crippen molar-refractivity contribution in [3.05, 3.63) is 11.1 Å². The highest BCUT2D eigenvalue weighted by Crippen LogP contribution is 2.23. The summed E-state index contributed by atoms with van der Waals surface area (Å²) in [7, 11) is 0. The van der Waals surface area contributed by atoms with E-state index in [9.17, 15) is 4.79 Å². The second-order valence-corrected chi connectivity index (χ2v) is 3.32. The third-order valence-corrected chi connectivity index (χ3v) is 2.27. The van der Waals surface area contributed by atoms with Crippen LogP contribution in [0.3, 0.4) is 0 Å². The van der Waals surface area contributed by atoms with Crippen LogP contribution in [-0.2, 0) is 4.79 Å². The highest BCUT2D eigenvalue weighted by Gasteiger charge is 2.17. The fourth-order valence-corrected chi connectivity index (χ4v) is 1.64. The van der Waals surface area contributed by atoms with Crippen LogP contribution in [0.25, 0.3) is 0 Å². The van der Waals surface area contributed by atoms with E-state index in [-0.39, 0.29) is 11.8 Å². The SMILES string of the molecule is CC(=O)C1=C(C)C[C@H](N)CC1. The van der Waals surface area contributed by atoms with E-state index in [2.05, 4.69) is 0 Å². The summed E-state index contributed by atoms with van der Waals surface area (Å²) >= 11 is 0. The fraction of sp³-hybridized carbons (Fsp3) is 0.667. The summed E-state index contributed by atoms with van der Waals surface area (Å²) in [5, 5.41) is 0. The first-order valence-electron chi connectivity index (χ1n) is 4.06. The first-order chi connectivity index (χ1) is 5.11. The Kier molecular flexibility index (Phi) is 2.45. The van der Waals surface area contributed by atoms with Crippen LogP contribution in [0, 0.1) is 0 Å². The molecule has 0 saturated heterocycles. The van der Waals surface area contributed by atoms with E-state index in [1.54, 1.807) is 6.92 Å². The maximum absolute atomic E-state index is 11.0. The van der Waals surface area contributed by atoms with Gasteiger partial charge in [-0.2, -0.15) is 0 Å². The van der Waals surface area contributed by atoms with Gasteiger partial charge in [-0.3, -0.25) is 4.79 Å². The van der Waals surface area contributed by atoms with E-state index in [1.165, 1.54) is 5.57 Å². The summed E-state index contributed by atoms with van der Waals surface area (Å²) in [4.78, 5) is 11.0. The number of hydrogen-bond acceptors (Lipinski definition) is 2. The quantitative estimate of drug-likeness (QED) is 0.618. The van der Waals surface area contributed by atoms with Gasteiger partial charge in [0.2, 0.25) is 0 Å². The molecule has 1 aliphatic rings. The topological polar surface area (TPSA) is 43.1 Å². The van der Waals surface area contributed by atoms with E-state index < -0.39 is 0 Å². The molecule has 0 unspecified atom stereocenters. The van der Waals surface area contributed by atoms with Gasteiger partial charge in [0.15, 0.2) is 5.78 Å². The minimum absolute atomic E-state index is 0.217. The lowest BCUT2D eigenvalue weighted by Gasteiger charge is -2.20. The number of hydrogen-bond donors (Lipinski definition) is 1. The maximum atomic E-state index is 11.0. The minimum Gasteiger partial charge on any atom is -0.327 e. The number of carbonyl (C=O) groups is 1. The number of rotatable bonds is 1. The Morgan fingerprint density at radius 1 is 1.64 bits per heavy atom. The Hall–Kier alpha value is -0.630. The molecule has 0 fully saturated rings. The average molecular weight is 153 g/mol. The Balaban J connectivity index is 2.78. The van der Waals surface area contributed by atoms with Crippen LogP contribution in [0.1, 0.15) is 33.1 Å². The molecule has 0 amide bonds. The number of Topliss-reactive ketones (excluding diaryl/α,β-unsaturated/α-hetero) is 1. The monoisotopic (exact) mass is 153 g/mol. The zero-order valence-corrected chi connectivity index (χ0v) is 7.18. The number of allylic oxidation sites excluding steroid dienone is 1. The van der Waals surface area contributed by atoms with Crippen molar-refractivity contribution in [2.45, 2.75) is 39.2 Å². The second kappa shape index (κ2) is 3.18. The molecule has 1 rings (SSSR count). The molecule has 0 radical (unpaired) electrons. The highest BCUT2D eigenvalue weighted by atomic mass is 16.1. The van der Waals surface area contributed by atoms with Crippen LogP contribution in [0.5, 0.6) is 0 Å². The van der Waals surface area contributed by atoms with E-state index in [1.807, 2.05) is 6.92 Å². The van der Waals surface area contributed by atoms with Crippen LogP contribution in [0.4, 0.5) is 0 Å². The van der Waals surface area contributed by atoms with Crippen LogP contribution in [0.2, 0.25) is 0 Å². The van der Waals surface area contributed by atoms with E-state index in [0.717, 1.165) is 24.8 Å². The highest BCUT2D eigenvalue weighted by molar-refractivity contribution is 5.94. The molecule has 0 saturated carbocycles. The van der Waals surface area contributed by atoms with Crippen molar-refractivity contribution >= 4 is 5.78 Å². The molecule has 0 aromatic rings. The van der Waals surface area contributed by atoms with Crippen molar-refractivity contribution < 1.29 is 4.79 Å². The van der Waals surface area contributed by atoms with Crippen molar-refractivity contribution in [3.8, 4) is 0 Å². The summed E-state index contributed by atoms with van der Waals surface area (Å²) in [5.74, 6) is 0.217. The van der Waals surface area contributed by atoms with Crippen LogP contribution in [0.15, 0.2) is 11.1 Å². The third kappa shape index (κ3) is 1.90. The van der Waals surface area contributed by atoms with Gasteiger partial charge in [-0.05, 0) is 38.7 Å². The van der Waals surface area contributed by atoms with Gasteiger partial charge < -0.3 is 5.73 Å². The smallest absolute Gasteiger partial charge is 0.155 e. The molecule has 0 aliphatic heterocycles. The summed E-state index contributed by atoms with van der Waals surface area (Å²) in [6.07, 6.45) is 2.74. The van der Waals surface area contributed by atoms with E-state index >= 15 is 0 Å². The summed E-state index contributed by atoms with van der Waals surface area (Å²) in [6.45, 7) is 3.64. The van der Waals surface area contributed by atoms with Gasteiger partial charge in [-0.15, -0.1) is 0 Å². The molecule has 0 aromatic heterocycles. The van der Waals surface area contributed by atoms with Crippen molar-refractivity contribution in [2.75, 3.05) is 0 Å². The van der Waals surface area contributed by atoms with Crippen molar-refractivity contribution in [2.24, 2.45) is 5.73 Å². The van der Waals surface area contributed by atoms with Crippen molar-refractivity contribution in [1.29, 1.82) is 0 Å². The molecule has 1 aliphatic carbocycles. The molecule has 2 N–H and O–H groups in total. The Morgan fingerprint density at radius 3 is 2.73 bits per heavy atom. The molecule has 1 atom stereocenters. The predicted octanol–water partition coefficient (Wildman–Crippen LogP) is 1.40. The van der Waals surface area contributed by atoms with E-state index in [4.69, 9.17) is 5.73 Å². The first kappa shape index (κ1) is 8.47. The largest absolute Gasteiger partial charge is 0.327 e. The molecule has 11 heavy (non-hydrogen) atoms. The molecular formula is C9H15NO. The zero-order valence-electron chi connectivity index (χ0n) is 7.18. The van der Waals surface area contributed by atoms with Gasteiger partial charge >= 0.3 is 0 Å². The molecular weight excluding hydrogens is 138 g/mol. The third-order valence-electron chi connectivity index (χ3n) is 2.27. The number of nitrogens with two attached hydrogens (primary N) is 1. The lowest BCUT2D eigenvalue weighted by atomic mass is 9.88. The zero-order chi connectivity index (χ0) is 8.43. The molecule has 0 aromatic carbocycles. The van der Waals surface area contributed by atoms with Gasteiger partial charge in [-0.25, -0.2) is 0 Å². The lowest BCUT2D eigenvalue weighted by Crippen LogP contribution is -2.25. The van der Waals surface area contributed by atoms with Gasteiger partial charge in [0.05, 0.1) is 0 Å². The van der Waals surface area contributed by atoms with Gasteiger partial charge in [0.1, 0.15) is 0 Å². The molecule has 0 spiro atoms. The van der Waals surface area contributed by atoms with Gasteiger partial charge in [-0.1, -0.05) is 5.57 Å². The average Bonchev–Trinajstić information content (AvgIpc) is 1.85. The fourth-order valence-electron chi connectivity index (χ4n) is 1.64. The van der Waals surface area contributed by atoms with Crippen LogP contribution < -0.4 is 5.73 Å². The normalized spacial score (nSPS) is 25.5. The molecule has 2 nitrogen and oxygen atoms in total. The Bertz CT molecular complexity index is 206. The van der Waals surface area contributed by atoms with Crippen molar-refractivity contribution in [3.63, 3.8) is 0 Å². The first-order valence-corrected chi connectivity index (χ1v) is 4.06. The molecule has 62 valence electrons. The molecule has 0 heterocycles. The standard InChI is InChI=1S/C9H15NO/c1-6-5-8(10)3-4-9(6)7(2)11/h8H,3-5,10H2,1-2H3/t8-/m1/s1. The second-order valence-electron chi connectivity index (χ2n) is 3.32. The Labute approximate surface area is 67.5 Å². The van der Waals surface area contributed by atoms with Crippen molar-refractivity contribution in [1.82, 2.24) is 0 Å². The lowest BCUT2D eigenvalue weighted by molar-refractivity contribution is -0.113. The number of ketones is 1. The maximum Gasteiger partial charge on any atom is 0.155 e. The summed E-state index contributed by atoms with van der Waals surface area (Å²) in [6, 6.07) is 0.276. The summed E-state index contributed by atoms with van der Waals surface area (Å²) in [5.41, 5.74) is 7.94. The molecule has 2 heteroatoms. The Morgan fingerprint density at radius 2 is 2.27 bits per heavy atom. The van der Waals surface area contributed by atoms with Gasteiger partial charge in [0.25, 0.3) is 0 Å². The van der Waals surface area contributed by atoms with E-state index in [0.29, 0.717) is 0 Å². The van der Waals surface area contributed by atoms with Crippen LogP contribution >= 0.6 is 0 Å². The molecule has 0 bridgehead atoms.